The molecule has 0 saturated heterocycles. The van der Waals surface area contributed by atoms with Crippen molar-refractivity contribution in [3.63, 3.8) is 0 Å². The second-order valence-corrected chi connectivity index (χ2v) is 8.40. The topological polar surface area (TPSA) is 42.0 Å². The first-order valence-electron chi connectivity index (χ1n) is 8.66. The van der Waals surface area contributed by atoms with Crippen molar-refractivity contribution >= 4 is 56.3 Å². The summed E-state index contributed by atoms with van der Waals surface area (Å²) in [7, 11) is 0. The predicted octanol–water partition coefficient (Wildman–Crippen LogP) is 7.14. The van der Waals surface area contributed by atoms with Crippen LogP contribution in [0.4, 0.5) is 5.69 Å². The third-order valence-electron chi connectivity index (χ3n) is 4.60. The lowest BCUT2D eigenvalue weighted by atomic mass is 10.1. The molecule has 0 saturated carbocycles. The summed E-state index contributed by atoms with van der Waals surface area (Å²) in [5.41, 5.74) is 4.93. The van der Waals surface area contributed by atoms with E-state index in [1.807, 2.05) is 50.2 Å². The fraction of sp³-hybridized carbons (Fsp3) is 0.0909. The Labute approximate surface area is 177 Å². The number of hydrogen-bond acceptors (Lipinski definition) is 3. The van der Waals surface area contributed by atoms with Gasteiger partial charge in [-0.3, -0.25) is 4.79 Å². The molecule has 1 heterocycles. The lowest BCUT2D eigenvalue weighted by Crippen LogP contribution is -2.12. The Kier molecular flexibility index (Phi) is 5.11. The van der Waals surface area contributed by atoms with E-state index in [9.17, 15) is 4.79 Å². The van der Waals surface area contributed by atoms with Crippen LogP contribution in [0.25, 0.3) is 20.8 Å². The summed E-state index contributed by atoms with van der Waals surface area (Å²) in [5.74, 6) is -0.220. The van der Waals surface area contributed by atoms with E-state index in [1.54, 1.807) is 29.5 Å². The summed E-state index contributed by atoms with van der Waals surface area (Å²) in [6, 6.07) is 16.9. The Morgan fingerprint density at radius 3 is 2.50 bits per heavy atom. The molecule has 4 rings (SSSR count). The average Bonchev–Trinajstić information content (AvgIpc) is 3.09. The van der Waals surface area contributed by atoms with Crippen molar-refractivity contribution in [3.05, 3.63) is 81.3 Å². The number of carbonyl (C=O) groups is 1. The number of thiazole rings is 1. The largest absolute Gasteiger partial charge is 0.321 e. The van der Waals surface area contributed by atoms with Gasteiger partial charge >= 0.3 is 0 Å². The number of rotatable bonds is 3. The summed E-state index contributed by atoms with van der Waals surface area (Å²) in [6.07, 6.45) is 0. The van der Waals surface area contributed by atoms with E-state index >= 15 is 0 Å². The monoisotopic (exact) mass is 426 g/mol. The Hall–Kier alpha value is -2.40. The lowest BCUT2D eigenvalue weighted by Gasteiger charge is -2.11. The quantitative estimate of drug-likeness (QED) is 0.378. The second-order valence-electron chi connectivity index (χ2n) is 6.55. The van der Waals surface area contributed by atoms with Crippen LogP contribution in [0.3, 0.4) is 0 Å². The van der Waals surface area contributed by atoms with Crippen LogP contribution in [-0.2, 0) is 0 Å². The Balaban J connectivity index is 1.70. The number of anilines is 1. The average molecular weight is 427 g/mol. The minimum Gasteiger partial charge on any atom is -0.321 e. The first-order chi connectivity index (χ1) is 13.4. The molecule has 0 atom stereocenters. The minimum absolute atomic E-state index is 0.220. The van der Waals surface area contributed by atoms with Crippen molar-refractivity contribution in [2.24, 2.45) is 0 Å². The first kappa shape index (κ1) is 18.9. The molecule has 1 N–H and O–H groups in total. The fourth-order valence-electron chi connectivity index (χ4n) is 2.87. The fourth-order valence-corrected chi connectivity index (χ4v) is 4.45. The van der Waals surface area contributed by atoms with Crippen LogP contribution >= 0.6 is 34.5 Å². The second kappa shape index (κ2) is 7.55. The van der Waals surface area contributed by atoms with Crippen LogP contribution in [0, 0.1) is 13.8 Å². The molecule has 0 unspecified atom stereocenters. The van der Waals surface area contributed by atoms with Gasteiger partial charge in [-0.2, -0.15) is 0 Å². The Morgan fingerprint density at radius 1 is 0.964 bits per heavy atom. The third-order valence-corrected chi connectivity index (χ3v) is 6.29. The molecule has 6 heteroatoms. The van der Waals surface area contributed by atoms with Gasteiger partial charge in [-0.15, -0.1) is 11.3 Å². The highest BCUT2D eigenvalue weighted by Gasteiger charge is 2.16. The smallest absolute Gasteiger partial charge is 0.255 e. The molecule has 0 bridgehead atoms. The maximum Gasteiger partial charge on any atom is 0.255 e. The standard InChI is InChI=1S/C22H16Cl2N2OS/c1-12-7-8-14(9-13(12)2)21(27)25-19-10-15(16(23)11-17(19)24)22-26-18-5-3-4-6-20(18)28-22/h3-11H,1-2H3,(H,25,27). The van der Waals surface area contributed by atoms with E-state index in [4.69, 9.17) is 23.2 Å². The number of amides is 1. The van der Waals surface area contributed by atoms with Crippen LogP contribution in [0.1, 0.15) is 21.5 Å². The van der Waals surface area contributed by atoms with Crippen molar-refractivity contribution in [1.82, 2.24) is 4.98 Å². The van der Waals surface area contributed by atoms with Crippen molar-refractivity contribution in [2.75, 3.05) is 5.32 Å². The number of aryl methyl sites for hydroxylation is 2. The molecule has 0 radical (unpaired) electrons. The maximum absolute atomic E-state index is 12.7. The number of benzene rings is 3. The van der Waals surface area contributed by atoms with E-state index in [-0.39, 0.29) is 5.91 Å². The van der Waals surface area contributed by atoms with Crippen LogP contribution in [0.2, 0.25) is 10.0 Å². The summed E-state index contributed by atoms with van der Waals surface area (Å²) >= 11 is 14.3. The van der Waals surface area contributed by atoms with Crippen molar-refractivity contribution in [1.29, 1.82) is 0 Å². The molecule has 3 nitrogen and oxygen atoms in total. The highest BCUT2D eigenvalue weighted by molar-refractivity contribution is 7.21. The first-order valence-corrected chi connectivity index (χ1v) is 10.2. The van der Waals surface area contributed by atoms with Gasteiger partial charge in [0, 0.05) is 11.1 Å². The number of nitrogens with zero attached hydrogens (tertiary/aromatic N) is 1. The highest BCUT2D eigenvalue weighted by Crippen LogP contribution is 2.39. The number of fused-ring (bicyclic) bond motifs is 1. The number of aromatic nitrogens is 1. The van der Waals surface area contributed by atoms with Gasteiger partial charge in [-0.05, 0) is 61.4 Å². The Bertz CT molecular complexity index is 1180. The molecule has 28 heavy (non-hydrogen) atoms. The van der Waals surface area contributed by atoms with E-state index in [0.29, 0.717) is 21.3 Å². The van der Waals surface area contributed by atoms with E-state index in [2.05, 4.69) is 10.3 Å². The molecule has 0 fully saturated rings. The van der Waals surface area contributed by atoms with Crippen molar-refractivity contribution in [2.45, 2.75) is 13.8 Å². The van der Waals surface area contributed by atoms with Crippen molar-refractivity contribution in [3.8, 4) is 10.6 Å². The molecular weight excluding hydrogens is 411 g/mol. The molecule has 1 aromatic heterocycles. The van der Waals surface area contributed by atoms with Gasteiger partial charge < -0.3 is 5.32 Å². The van der Waals surface area contributed by atoms with Crippen LogP contribution in [-0.4, -0.2) is 10.9 Å². The zero-order chi connectivity index (χ0) is 19.8. The van der Waals surface area contributed by atoms with Crippen LogP contribution in [0.5, 0.6) is 0 Å². The van der Waals surface area contributed by atoms with Gasteiger partial charge in [-0.1, -0.05) is 41.4 Å². The van der Waals surface area contributed by atoms with Gasteiger partial charge in [0.05, 0.1) is 25.9 Å². The predicted molar refractivity (Wildman–Crippen MR) is 119 cm³/mol. The molecule has 1 amide bonds. The van der Waals surface area contributed by atoms with Crippen LogP contribution < -0.4 is 5.32 Å². The molecule has 4 aromatic rings. The number of para-hydroxylation sites is 1. The maximum atomic E-state index is 12.7. The number of hydrogen-bond donors (Lipinski definition) is 1. The molecule has 3 aromatic carbocycles. The molecule has 0 aliphatic heterocycles. The highest BCUT2D eigenvalue weighted by atomic mass is 35.5. The number of nitrogens with one attached hydrogen (secondary N) is 1. The molecule has 0 spiro atoms. The zero-order valence-corrected chi connectivity index (χ0v) is 17.5. The number of carbonyl (C=O) groups excluding carboxylic acids is 1. The van der Waals surface area contributed by atoms with Crippen molar-refractivity contribution < 1.29 is 4.79 Å². The molecule has 140 valence electrons. The Morgan fingerprint density at radius 2 is 1.75 bits per heavy atom. The van der Waals surface area contributed by atoms with Gasteiger partial charge in [0.2, 0.25) is 0 Å². The summed E-state index contributed by atoms with van der Waals surface area (Å²) < 4.78 is 1.07. The van der Waals surface area contributed by atoms with Gasteiger partial charge in [-0.25, -0.2) is 4.98 Å². The van der Waals surface area contributed by atoms with Gasteiger partial charge in [0.25, 0.3) is 5.91 Å². The van der Waals surface area contributed by atoms with E-state index in [1.165, 1.54) is 0 Å². The lowest BCUT2D eigenvalue weighted by molar-refractivity contribution is 0.102. The molecule has 0 aliphatic rings. The zero-order valence-electron chi connectivity index (χ0n) is 15.2. The third kappa shape index (κ3) is 3.63. The normalized spacial score (nSPS) is 11.0. The number of halogens is 2. The van der Waals surface area contributed by atoms with E-state index in [0.717, 1.165) is 31.9 Å². The van der Waals surface area contributed by atoms with E-state index < -0.39 is 0 Å². The van der Waals surface area contributed by atoms with Crippen LogP contribution in [0.15, 0.2) is 54.6 Å². The minimum atomic E-state index is -0.220. The van der Waals surface area contributed by atoms with Gasteiger partial charge in [0.1, 0.15) is 5.01 Å². The van der Waals surface area contributed by atoms with Gasteiger partial charge in [0.15, 0.2) is 0 Å². The molecule has 0 aliphatic carbocycles. The summed E-state index contributed by atoms with van der Waals surface area (Å²) in [6.45, 7) is 3.99. The SMILES string of the molecule is Cc1ccc(C(=O)Nc2cc(-c3nc4ccccc4s3)c(Cl)cc2Cl)cc1C. The summed E-state index contributed by atoms with van der Waals surface area (Å²) in [4.78, 5) is 17.3. The molecular formula is C22H16Cl2N2OS. The summed E-state index contributed by atoms with van der Waals surface area (Å²) in [5, 5.41) is 4.55.